The van der Waals surface area contributed by atoms with Gasteiger partial charge in [-0.05, 0) is 13.0 Å². The van der Waals surface area contributed by atoms with Crippen LogP contribution in [0.1, 0.15) is 6.92 Å². The van der Waals surface area contributed by atoms with E-state index in [4.69, 9.17) is 10.5 Å². The van der Waals surface area contributed by atoms with E-state index >= 15 is 0 Å². The molecule has 0 aliphatic carbocycles. The van der Waals surface area contributed by atoms with Crippen molar-refractivity contribution in [2.75, 3.05) is 18.9 Å². The average Bonchev–Trinajstić information content (AvgIpc) is 2.90. The highest BCUT2D eigenvalue weighted by molar-refractivity contribution is 5.76. The second-order valence-electron chi connectivity index (χ2n) is 5.18. The maximum Gasteiger partial charge on any atom is 0.221 e. The van der Waals surface area contributed by atoms with E-state index in [1.807, 2.05) is 0 Å². The Hall–Kier alpha value is -1.74. The largest absolute Gasteiger partial charge is 0.393 e. The molecule has 0 bridgehead atoms. The molecule has 8 nitrogen and oxygen atoms in total. The van der Waals surface area contributed by atoms with E-state index in [-0.39, 0.29) is 12.6 Å². The molecule has 3 rings (SSSR count). The van der Waals surface area contributed by atoms with Crippen LogP contribution in [0.4, 0.5) is 5.95 Å². The topological polar surface area (TPSA) is 127 Å². The van der Waals surface area contributed by atoms with Crippen LogP contribution in [0.15, 0.2) is 18.5 Å². The first-order valence-corrected chi connectivity index (χ1v) is 6.17. The van der Waals surface area contributed by atoms with E-state index in [1.54, 1.807) is 12.3 Å². The summed E-state index contributed by atoms with van der Waals surface area (Å²) >= 11 is 0. The summed E-state index contributed by atoms with van der Waals surface area (Å²) in [4.78, 5) is 7.96. The number of nitrogens with two attached hydrogens (primary N) is 1. The molecule has 5 N–H and O–H groups in total. The smallest absolute Gasteiger partial charge is 0.221 e. The first-order chi connectivity index (χ1) is 9.40. The van der Waals surface area contributed by atoms with Crippen LogP contribution in [0.25, 0.3) is 11.0 Å². The van der Waals surface area contributed by atoms with E-state index in [1.165, 1.54) is 17.7 Å². The maximum atomic E-state index is 11.0. The molecule has 2 aromatic rings. The first kappa shape index (κ1) is 13.3. The average molecular weight is 280 g/mol. The van der Waals surface area contributed by atoms with Gasteiger partial charge in [-0.1, -0.05) is 0 Å². The lowest BCUT2D eigenvalue weighted by Gasteiger charge is -2.37. The van der Waals surface area contributed by atoms with Crippen molar-refractivity contribution in [3.8, 4) is 0 Å². The van der Waals surface area contributed by atoms with E-state index in [2.05, 4.69) is 9.97 Å². The highest BCUT2D eigenvalue weighted by Gasteiger charge is 2.59. The number of aromatic nitrogens is 3. The molecule has 8 heteroatoms. The molecular formula is C12H16N4O4. The number of anilines is 1. The molecule has 0 spiro atoms. The highest BCUT2D eigenvalue weighted by Crippen LogP contribution is 2.40. The molecule has 0 amide bonds. The number of rotatable bonds is 2. The summed E-state index contributed by atoms with van der Waals surface area (Å²) in [5.74, 6) is 0.0557. The maximum absolute atomic E-state index is 11.0. The third-order valence-corrected chi connectivity index (χ3v) is 3.79. The van der Waals surface area contributed by atoms with Crippen molar-refractivity contribution in [3.05, 3.63) is 18.5 Å². The lowest BCUT2D eigenvalue weighted by Crippen LogP contribution is -2.57. The number of nitrogen functional groups attached to an aromatic ring is 1. The second kappa shape index (κ2) is 4.13. The number of ether oxygens (including phenoxy) is 1. The monoisotopic (exact) mass is 280 g/mol. The van der Waals surface area contributed by atoms with Gasteiger partial charge >= 0.3 is 0 Å². The van der Waals surface area contributed by atoms with Crippen LogP contribution < -0.4 is 5.73 Å². The Morgan fingerprint density at radius 3 is 3.00 bits per heavy atom. The normalized spacial score (nSPS) is 33.9. The van der Waals surface area contributed by atoms with Crippen LogP contribution >= 0.6 is 0 Å². The van der Waals surface area contributed by atoms with Crippen LogP contribution in [0.5, 0.6) is 0 Å². The van der Waals surface area contributed by atoms with Gasteiger partial charge in [0, 0.05) is 17.8 Å². The number of hydrogen-bond donors (Lipinski definition) is 4. The summed E-state index contributed by atoms with van der Waals surface area (Å²) in [6.07, 6.45) is 2.12. The summed E-state index contributed by atoms with van der Waals surface area (Å²) in [5, 5.41) is 31.4. The third kappa shape index (κ3) is 1.56. The molecular weight excluding hydrogens is 264 g/mol. The fraction of sp³-hybridized carbons (Fsp3) is 0.500. The fourth-order valence-electron chi connectivity index (χ4n) is 2.63. The molecule has 1 fully saturated rings. The summed E-state index contributed by atoms with van der Waals surface area (Å²) in [7, 11) is 0. The van der Waals surface area contributed by atoms with Gasteiger partial charge in [-0.3, -0.25) is 4.57 Å². The highest BCUT2D eigenvalue weighted by atomic mass is 16.6. The second-order valence-corrected chi connectivity index (χ2v) is 5.18. The minimum atomic E-state index is -1.84. The lowest BCUT2D eigenvalue weighted by atomic mass is 9.91. The zero-order chi connectivity index (χ0) is 14.5. The van der Waals surface area contributed by atoms with Crippen molar-refractivity contribution >= 4 is 17.0 Å². The number of aliphatic hydroxyl groups excluding tert-OH is 1. The molecule has 108 valence electrons. The standard InChI is InChI=1S/C12H16N4O4/c1-11(18)6-20-8(5-17)12(11,19)16-3-2-7-4-14-10(13)15-9(7)16/h2-4,8,17-19H,5-6H2,1H3,(H2,13,14,15)/t8-,11+,12+/m1/s1. The van der Waals surface area contributed by atoms with Crippen molar-refractivity contribution < 1.29 is 20.1 Å². The number of nitrogens with zero attached hydrogens (tertiary/aromatic N) is 3. The van der Waals surface area contributed by atoms with Gasteiger partial charge in [0.05, 0.1) is 13.2 Å². The number of aliphatic hydroxyl groups is 3. The van der Waals surface area contributed by atoms with Crippen LogP contribution in [-0.2, 0) is 10.5 Å². The number of fused-ring (bicyclic) bond motifs is 1. The van der Waals surface area contributed by atoms with E-state index in [0.717, 1.165) is 0 Å². The van der Waals surface area contributed by atoms with Crippen molar-refractivity contribution in [1.29, 1.82) is 0 Å². The molecule has 0 aromatic carbocycles. The van der Waals surface area contributed by atoms with E-state index < -0.39 is 24.0 Å². The SMILES string of the molecule is C[C@]1(O)CO[C@H](CO)[C@@]1(O)n1ccc2cnc(N)nc21. The minimum Gasteiger partial charge on any atom is -0.393 e. The van der Waals surface area contributed by atoms with Gasteiger partial charge in [-0.15, -0.1) is 0 Å². The summed E-state index contributed by atoms with van der Waals surface area (Å²) in [6.45, 7) is 0.904. The minimum absolute atomic E-state index is 0.0557. The first-order valence-electron chi connectivity index (χ1n) is 6.17. The molecule has 2 aromatic heterocycles. The Morgan fingerprint density at radius 1 is 1.55 bits per heavy atom. The lowest BCUT2D eigenvalue weighted by molar-refractivity contribution is -0.186. The van der Waals surface area contributed by atoms with Crippen molar-refractivity contribution in [1.82, 2.24) is 14.5 Å². The Morgan fingerprint density at radius 2 is 2.30 bits per heavy atom. The van der Waals surface area contributed by atoms with Gasteiger partial charge in [0.15, 0.2) is 0 Å². The van der Waals surface area contributed by atoms with Gasteiger partial charge in [0.1, 0.15) is 17.4 Å². The Balaban J connectivity index is 2.24. The van der Waals surface area contributed by atoms with Gasteiger partial charge in [0.25, 0.3) is 0 Å². The molecule has 3 heterocycles. The molecule has 20 heavy (non-hydrogen) atoms. The van der Waals surface area contributed by atoms with Crippen LogP contribution in [0.2, 0.25) is 0 Å². The van der Waals surface area contributed by atoms with E-state index in [0.29, 0.717) is 11.0 Å². The molecule has 1 aliphatic heterocycles. The van der Waals surface area contributed by atoms with Gasteiger partial charge in [0.2, 0.25) is 11.7 Å². The predicted molar refractivity (Wildman–Crippen MR) is 69.6 cm³/mol. The van der Waals surface area contributed by atoms with E-state index in [9.17, 15) is 15.3 Å². The van der Waals surface area contributed by atoms with Gasteiger partial charge in [-0.2, -0.15) is 4.98 Å². The third-order valence-electron chi connectivity index (χ3n) is 3.79. The molecule has 1 saturated heterocycles. The molecule has 3 atom stereocenters. The van der Waals surface area contributed by atoms with Crippen molar-refractivity contribution in [3.63, 3.8) is 0 Å². The Bertz CT molecular complexity index is 656. The zero-order valence-electron chi connectivity index (χ0n) is 10.9. The van der Waals surface area contributed by atoms with Crippen LogP contribution in [0, 0.1) is 0 Å². The zero-order valence-corrected chi connectivity index (χ0v) is 10.9. The van der Waals surface area contributed by atoms with Crippen molar-refractivity contribution in [2.45, 2.75) is 24.4 Å². The van der Waals surface area contributed by atoms with Crippen LogP contribution in [-0.4, -0.2) is 54.8 Å². The molecule has 0 saturated carbocycles. The Labute approximate surface area is 114 Å². The van der Waals surface area contributed by atoms with Gasteiger partial charge in [-0.25, -0.2) is 4.98 Å². The van der Waals surface area contributed by atoms with Gasteiger partial charge < -0.3 is 25.8 Å². The molecule has 1 aliphatic rings. The summed E-state index contributed by atoms with van der Waals surface area (Å²) in [5.41, 5.74) is 2.51. The molecule has 0 radical (unpaired) electrons. The number of hydrogen-bond acceptors (Lipinski definition) is 7. The predicted octanol–water partition coefficient (Wildman–Crippen LogP) is -1.20. The van der Waals surface area contributed by atoms with Crippen molar-refractivity contribution in [2.24, 2.45) is 0 Å². The quantitative estimate of drug-likeness (QED) is 0.544. The van der Waals surface area contributed by atoms with Crippen LogP contribution in [0.3, 0.4) is 0 Å². The Kier molecular flexibility index (Phi) is 2.73. The summed E-state index contributed by atoms with van der Waals surface area (Å²) < 4.78 is 6.66. The molecule has 0 unspecified atom stereocenters. The fourth-order valence-corrected chi connectivity index (χ4v) is 2.63. The summed E-state index contributed by atoms with van der Waals surface area (Å²) in [6, 6.07) is 1.69.